The van der Waals surface area contributed by atoms with Gasteiger partial charge in [0.25, 0.3) is 0 Å². The normalized spacial score (nSPS) is 12.1. The molecule has 0 unspecified atom stereocenters. The smallest absolute Gasteiger partial charge is 0.123 e. The van der Waals surface area contributed by atoms with E-state index in [4.69, 9.17) is 5.11 Å². The minimum Gasteiger partial charge on any atom is -0.507 e. The van der Waals surface area contributed by atoms with Gasteiger partial charge in [-0.3, -0.25) is 4.90 Å². The van der Waals surface area contributed by atoms with Gasteiger partial charge in [0.2, 0.25) is 0 Å². The van der Waals surface area contributed by atoms with Crippen LogP contribution in [0.25, 0.3) is 0 Å². The quantitative estimate of drug-likeness (QED) is 0.843. The van der Waals surface area contributed by atoms with Gasteiger partial charge in [0, 0.05) is 18.7 Å². The maximum Gasteiger partial charge on any atom is 0.123 e. The largest absolute Gasteiger partial charge is 0.507 e. The number of aromatic hydroxyl groups is 1. The number of nitrogens with zero attached hydrogens (tertiary/aromatic N) is 1. The molecule has 0 spiro atoms. The van der Waals surface area contributed by atoms with Crippen LogP contribution in [0.15, 0.2) is 18.2 Å². The predicted octanol–water partition coefficient (Wildman–Crippen LogP) is 2.11. The van der Waals surface area contributed by atoms with E-state index in [1.807, 2.05) is 30.1 Å². The molecule has 0 radical (unpaired) electrons. The molecule has 0 aliphatic rings. The highest BCUT2D eigenvalue weighted by molar-refractivity contribution is 5.43. The van der Waals surface area contributed by atoms with Gasteiger partial charge in [-0.1, -0.05) is 39.0 Å². The molecule has 1 aromatic rings. The highest BCUT2D eigenvalue weighted by Gasteiger charge is 2.19. The summed E-state index contributed by atoms with van der Waals surface area (Å²) in [6.45, 7) is 7.65. The van der Waals surface area contributed by atoms with E-state index in [0.29, 0.717) is 18.8 Å². The molecule has 0 amide bonds. The van der Waals surface area contributed by atoms with Crippen molar-refractivity contribution in [1.29, 1.82) is 0 Å². The Balaban J connectivity index is 2.95. The van der Waals surface area contributed by atoms with Crippen LogP contribution in [0, 0.1) is 0 Å². The van der Waals surface area contributed by atoms with E-state index in [2.05, 4.69) is 20.8 Å². The summed E-state index contributed by atoms with van der Waals surface area (Å²) in [5.74, 6) is 0.379. The molecule has 0 atom stereocenters. The molecule has 0 saturated carbocycles. The van der Waals surface area contributed by atoms with Crippen LogP contribution in [0.3, 0.4) is 0 Å². The summed E-state index contributed by atoms with van der Waals surface area (Å²) in [7, 11) is 1.93. The molecule has 0 bridgehead atoms. The molecular formula is C14H23NO2. The number of rotatable bonds is 4. The molecule has 3 nitrogen and oxygen atoms in total. The van der Waals surface area contributed by atoms with Crippen LogP contribution in [-0.4, -0.2) is 35.3 Å². The summed E-state index contributed by atoms with van der Waals surface area (Å²) in [5.41, 5.74) is 1.82. The van der Waals surface area contributed by atoms with E-state index in [0.717, 1.165) is 11.1 Å². The Morgan fingerprint density at radius 1 is 1.24 bits per heavy atom. The van der Waals surface area contributed by atoms with Crippen molar-refractivity contribution in [1.82, 2.24) is 4.90 Å². The number of likely N-dealkylation sites (N-methyl/N-ethyl adjacent to an activating group) is 1. The lowest BCUT2D eigenvalue weighted by atomic mass is 9.85. The summed E-state index contributed by atoms with van der Waals surface area (Å²) in [4.78, 5) is 1.99. The zero-order chi connectivity index (χ0) is 13.1. The molecule has 0 saturated heterocycles. The predicted molar refractivity (Wildman–Crippen MR) is 70.2 cm³/mol. The number of hydrogen-bond donors (Lipinski definition) is 2. The lowest BCUT2D eigenvalue weighted by molar-refractivity contribution is 0.216. The minimum atomic E-state index is -0.0599. The molecule has 1 aromatic carbocycles. The first-order chi connectivity index (χ1) is 7.86. The van der Waals surface area contributed by atoms with E-state index < -0.39 is 0 Å². The van der Waals surface area contributed by atoms with Gasteiger partial charge in [-0.2, -0.15) is 0 Å². The van der Waals surface area contributed by atoms with Crippen molar-refractivity contribution in [2.45, 2.75) is 32.7 Å². The number of para-hydroxylation sites is 1. The molecule has 0 aliphatic heterocycles. The highest BCUT2D eigenvalue weighted by atomic mass is 16.3. The Labute approximate surface area is 104 Å². The number of hydrogen-bond acceptors (Lipinski definition) is 3. The van der Waals surface area contributed by atoms with Crippen molar-refractivity contribution in [2.24, 2.45) is 0 Å². The third-order valence-electron chi connectivity index (χ3n) is 2.85. The monoisotopic (exact) mass is 237 g/mol. The van der Waals surface area contributed by atoms with Crippen molar-refractivity contribution in [3.63, 3.8) is 0 Å². The molecule has 1 rings (SSSR count). The summed E-state index contributed by atoms with van der Waals surface area (Å²) in [6, 6.07) is 5.87. The molecular weight excluding hydrogens is 214 g/mol. The van der Waals surface area contributed by atoms with Gasteiger partial charge >= 0.3 is 0 Å². The van der Waals surface area contributed by atoms with Crippen LogP contribution in [0.4, 0.5) is 0 Å². The maximum atomic E-state index is 10.3. The van der Waals surface area contributed by atoms with Crippen LogP contribution in [0.2, 0.25) is 0 Å². The number of benzene rings is 1. The summed E-state index contributed by atoms with van der Waals surface area (Å²) >= 11 is 0. The lowest BCUT2D eigenvalue weighted by Gasteiger charge is -2.23. The number of phenolic OH excluding ortho intramolecular Hbond substituents is 1. The average molecular weight is 237 g/mol. The second-order valence-corrected chi connectivity index (χ2v) is 5.52. The van der Waals surface area contributed by atoms with Crippen molar-refractivity contribution < 1.29 is 10.2 Å². The molecule has 0 aliphatic carbocycles. The van der Waals surface area contributed by atoms with Crippen molar-refractivity contribution in [3.8, 4) is 5.75 Å². The van der Waals surface area contributed by atoms with Gasteiger partial charge in [-0.15, -0.1) is 0 Å². The first kappa shape index (κ1) is 14.0. The van der Waals surface area contributed by atoms with Crippen LogP contribution in [-0.2, 0) is 12.0 Å². The maximum absolute atomic E-state index is 10.3. The van der Waals surface area contributed by atoms with Crippen molar-refractivity contribution in [3.05, 3.63) is 29.3 Å². The van der Waals surface area contributed by atoms with Crippen molar-refractivity contribution in [2.75, 3.05) is 20.2 Å². The first-order valence-corrected chi connectivity index (χ1v) is 5.97. The summed E-state index contributed by atoms with van der Waals surface area (Å²) in [6.07, 6.45) is 0. The number of phenols is 1. The molecule has 0 heterocycles. The summed E-state index contributed by atoms with van der Waals surface area (Å²) < 4.78 is 0. The Kier molecular flexibility index (Phi) is 4.54. The van der Waals surface area contributed by atoms with Crippen molar-refractivity contribution >= 4 is 0 Å². The van der Waals surface area contributed by atoms with Gasteiger partial charge < -0.3 is 10.2 Å². The fraction of sp³-hybridized carbons (Fsp3) is 0.571. The second-order valence-electron chi connectivity index (χ2n) is 5.52. The Morgan fingerprint density at radius 3 is 2.41 bits per heavy atom. The lowest BCUT2D eigenvalue weighted by Crippen LogP contribution is -2.22. The Bertz CT molecular complexity index is 369. The van der Waals surface area contributed by atoms with Crippen LogP contribution < -0.4 is 0 Å². The molecule has 3 heteroatoms. The van der Waals surface area contributed by atoms with Crippen LogP contribution in [0.5, 0.6) is 5.75 Å². The highest BCUT2D eigenvalue weighted by Crippen LogP contribution is 2.33. The zero-order valence-electron chi connectivity index (χ0n) is 11.2. The molecule has 0 fully saturated rings. The van der Waals surface area contributed by atoms with E-state index >= 15 is 0 Å². The molecule has 2 N–H and O–H groups in total. The van der Waals surface area contributed by atoms with Gasteiger partial charge in [0.05, 0.1) is 6.61 Å². The SMILES string of the molecule is CN(CCO)Cc1cccc(C(C)(C)C)c1O. The fourth-order valence-corrected chi connectivity index (χ4v) is 1.86. The average Bonchev–Trinajstić information content (AvgIpc) is 2.19. The zero-order valence-corrected chi connectivity index (χ0v) is 11.2. The van der Waals surface area contributed by atoms with Crippen LogP contribution in [0.1, 0.15) is 31.9 Å². The van der Waals surface area contributed by atoms with E-state index in [1.54, 1.807) is 0 Å². The number of aliphatic hydroxyl groups excluding tert-OH is 1. The standard InChI is InChI=1S/C14H23NO2/c1-14(2,3)12-7-5-6-11(13(12)17)10-15(4)8-9-16/h5-7,16-17H,8-10H2,1-4H3. The molecule has 96 valence electrons. The Morgan fingerprint density at radius 2 is 1.88 bits per heavy atom. The van der Waals surface area contributed by atoms with Gasteiger partial charge in [0.15, 0.2) is 0 Å². The molecule has 17 heavy (non-hydrogen) atoms. The third-order valence-corrected chi connectivity index (χ3v) is 2.85. The third kappa shape index (κ3) is 3.72. The fourth-order valence-electron chi connectivity index (χ4n) is 1.86. The number of aliphatic hydroxyl groups is 1. The summed E-state index contributed by atoms with van der Waals surface area (Å²) in [5, 5.41) is 19.1. The van der Waals surface area contributed by atoms with E-state index in [1.165, 1.54) is 0 Å². The van der Waals surface area contributed by atoms with Gasteiger partial charge in [-0.05, 0) is 18.0 Å². The second kappa shape index (κ2) is 5.52. The Hall–Kier alpha value is -1.06. The molecule has 0 aromatic heterocycles. The minimum absolute atomic E-state index is 0.0599. The van der Waals surface area contributed by atoms with Gasteiger partial charge in [0.1, 0.15) is 5.75 Å². The first-order valence-electron chi connectivity index (χ1n) is 5.97. The topological polar surface area (TPSA) is 43.7 Å². The van der Waals surface area contributed by atoms with E-state index in [-0.39, 0.29) is 12.0 Å². The van der Waals surface area contributed by atoms with Crippen LogP contribution >= 0.6 is 0 Å². The van der Waals surface area contributed by atoms with E-state index in [9.17, 15) is 5.11 Å². The van der Waals surface area contributed by atoms with Gasteiger partial charge in [-0.25, -0.2) is 0 Å².